The molecule has 0 saturated heterocycles. The van der Waals surface area contributed by atoms with Crippen molar-refractivity contribution >= 4 is 17.5 Å². The van der Waals surface area contributed by atoms with Crippen molar-refractivity contribution in [1.29, 1.82) is 0 Å². The van der Waals surface area contributed by atoms with Gasteiger partial charge in [-0.2, -0.15) is 0 Å². The minimum Gasteiger partial charge on any atom is -0.480 e. The smallest absolute Gasteiger partial charge is 0.274 e. The number of ether oxygens (including phenoxy) is 1. The molecule has 1 unspecified atom stereocenters. The highest BCUT2D eigenvalue weighted by molar-refractivity contribution is 6.31. The average molecular weight is 285 g/mol. The van der Waals surface area contributed by atoms with Gasteiger partial charge in [-0.1, -0.05) is 32.4 Å². The van der Waals surface area contributed by atoms with Gasteiger partial charge in [-0.25, -0.2) is 5.84 Å². The lowest BCUT2D eigenvalue weighted by molar-refractivity contribution is -0.128. The first-order valence-electron chi connectivity index (χ1n) is 6.37. The molecule has 1 atom stereocenters. The molecule has 1 rings (SSSR count). The molecule has 0 aromatic heterocycles. The van der Waals surface area contributed by atoms with Crippen molar-refractivity contribution < 1.29 is 9.53 Å². The van der Waals surface area contributed by atoms with Gasteiger partial charge in [0, 0.05) is 5.02 Å². The lowest BCUT2D eigenvalue weighted by atomic mass is 10.0. The van der Waals surface area contributed by atoms with Crippen LogP contribution in [0.4, 0.5) is 0 Å². The molecule has 1 amide bonds. The van der Waals surface area contributed by atoms with E-state index in [1.165, 1.54) is 0 Å². The van der Waals surface area contributed by atoms with Gasteiger partial charge in [0.2, 0.25) is 0 Å². The van der Waals surface area contributed by atoms with Crippen molar-refractivity contribution in [1.82, 2.24) is 5.43 Å². The Bertz CT molecular complexity index is 461. The third-order valence-corrected chi connectivity index (χ3v) is 3.39. The van der Waals surface area contributed by atoms with Crippen LogP contribution in [0.2, 0.25) is 5.02 Å². The standard InChI is InChI=1S/C14H21ClN2O2/c1-5-12(14(18)17-16)19-13-6-9(4)11(15)7-10(13)8(2)3/h6-8,12H,5,16H2,1-4H3,(H,17,18). The second-order valence-electron chi connectivity index (χ2n) is 4.82. The van der Waals surface area contributed by atoms with Crippen molar-refractivity contribution in [3.63, 3.8) is 0 Å². The normalized spacial score (nSPS) is 12.4. The SMILES string of the molecule is CCC(Oc1cc(C)c(Cl)cc1C(C)C)C(=O)NN. The van der Waals surface area contributed by atoms with E-state index >= 15 is 0 Å². The fraction of sp³-hybridized carbons (Fsp3) is 0.500. The number of hydrogen-bond donors (Lipinski definition) is 2. The number of rotatable bonds is 5. The number of benzene rings is 1. The van der Waals surface area contributed by atoms with Gasteiger partial charge < -0.3 is 4.74 Å². The lowest BCUT2D eigenvalue weighted by Crippen LogP contribution is -2.41. The maximum absolute atomic E-state index is 11.6. The number of hydrogen-bond acceptors (Lipinski definition) is 3. The van der Waals surface area contributed by atoms with E-state index in [2.05, 4.69) is 19.3 Å². The average Bonchev–Trinajstić information content (AvgIpc) is 2.38. The van der Waals surface area contributed by atoms with E-state index in [-0.39, 0.29) is 11.8 Å². The second-order valence-corrected chi connectivity index (χ2v) is 5.22. The Kier molecular flexibility index (Phi) is 5.63. The van der Waals surface area contributed by atoms with Crippen molar-refractivity contribution in [3.8, 4) is 5.75 Å². The molecule has 0 heterocycles. The van der Waals surface area contributed by atoms with E-state index in [0.29, 0.717) is 17.2 Å². The van der Waals surface area contributed by atoms with Crippen molar-refractivity contribution in [2.45, 2.75) is 46.1 Å². The van der Waals surface area contributed by atoms with Gasteiger partial charge in [0.25, 0.3) is 5.91 Å². The summed E-state index contributed by atoms with van der Waals surface area (Å²) in [6.07, 6.45) is -0.0505. The highest BCUT2D eigenvalue weighted by atomic mass is 35.5. The summed E-state index contributed by atoms with van der Waals surface area (Å²) in [6.45, 7) is 7.89. The Labute approximate surface area is 119 Å². The molecule has 106 valence electrons. The Morgan fingerprint density at radius 2 is 2.11 bits per heavy atom. The Morgan fingerprint density at radius 3 is 2.58 bits per heavy atom. The topological polar surface area (TPSA) is 64.3 Å². The first-order valence-corrected chi connectivity index (χ1v) is 6.75. The number of aryl methyl sites for hydroxylation is 1. The van der Waals surface area contributed by atoms with Crippen LogP contribution in [0.3, 0.4) is 0 Å². The summed E-state index contributed by atoms with van der Waals surface area (Å²) in [6, 6.07) is 3.76. The van der Waals surface area contributed by atoms with Crippen LogP contribution in [-0.2, 0) is 4.79 Å². The van der Waals surface area contributed by atoms with E-state index < -0.39 is 6.10 Å². The molecule has 4 nitrogen and oxygen atoms in total. The van der Waals surface area contributed by atoms with Crippen LogP contribution in [0.15, 0.2) is 12.1 Å². The number of nitrogens with one attached hydrogen (secondary N) is 1. The Morgan fingerprint density at radius 1 is 1.47 bits per heavy atom. The van der Waals surface area contributed by atoms with Crippen LogP contribution in [0.1, 0.15) is 44.2 Å². The van der Waals surface area contributed by atoms with E-state index in [9.17, 15) is 4.79 Å². The van der Waals surface area contributed by atoms with Crippen LogP contribution >= 0.6 is 11.6 Å². The van der Waals surface area contributed by atoms with Gasteiger partial charge in [-0.3, -0.25) is 10.2 Å². The molecule has 5 heteroatoms. The number of halogens is 1. The monoisotopic (exact) mass is 284 g/mol. The van der Waals surface area contributed by atoms with Gasteiger partial charge in [-0.05, 0) is 42.5 Å². The summed E-state index contributed by atoms with van der Waals surface area (Å²) < 4.78 is 5.79. The molecule has 19 heavy (non-hydrogen) atoms. The molecule has 1 aromatic rings. The van der Waals surface area contributed by atoms with Crippen molar-refractivity contribution in [3.05, 3.63) is 28.3 Å². The van der Waals surface area contributed by atoms with Crippen molar-refractivity contribution in [2.24, 2.45) is 5.84 Å². The van der Waals surface area contributed by atoms with Crippen LogP contribution in [0.25, 0.3) is 0 Å². The van der Waals surface area contributed by atoms with Gasteiger partial charge in [0.1, 0.15) is 5.75 Å². The summed E-state index contributed by atoms with van der Waals surface area (Å²) in [5.74, 6) is 5.77. The van der Waals surface area contributed by atoms with Crippen LogP contribution in [-0.4, -0.2) is 12.0 Å². The third-order valence-electron chi connectivity index (χ3n) is 2.99. The molecule has 3 N–H and O–H groups in total. The maximum Gasteiger partial charge on any atom is 0.274 e. The van der Waals surface area contributed by atoms with Crippen LogP contribution in [0, 0.1) is 6.92 Å². The van der Waals surface area contributed by atoms with Gasteiger partial charge in [0.15, 0.2) is 6.10 Å². The van der Waals surface area contributed by atoms with E-state index in [1.807, 2.05) is 26.0 Å². The molecule has 1 aromatic carbocycles. The quantitative estimate of drug-likeness (QED) is 0.496. The van der Waals surface area contributed by atoms with Crippen LogP contribution < -0.4 is 16.0 Å². The number of amides is 1. The minimum atomic E-state index is -0.594. The molecular weight excluding hydrogens is 264 g/mol. The minimum absolute atomic E-state index is 0.256. The molecular formula is C14H21ClN2O2. The summed E-state index contributed by atoms with van der Waals surface area (Å²) >= 11 is 6.14. The summed E-state index contributed by atoms with van der Waals surface area (Å²) in [4.78, 5) is 11.6. The van der Waals surface area contributed by atoms with E-state index in [0.717, 1.165) is 11.1 Å². The van der Waals surface area contributed by atoms with E-state index in [1.54, 1.807) is 0 Å². The van der Waals surface area contributed by atoms with Gasteiger partial charge in [0.05, 0.1) is 0 Å². The van der Waals surface area contributed by atoms with E-state index in [4.69, 9.17) is 22.2 Å². The molecule has 0 spiro atoms. The Balaban J connectivity index is 3.11. The van der Waals surface area contributed by atoms with Crippen molar-refractivity contribution in [2.75, 3.05) is 0 Å². The van der Waals surface area contributed by atoms with Gasteiger partial charge >= 0.3 is 0 Å². The predicted octanol–water partition coefficient (Wildman–Crippen LogP) is 2.92. The second kappa shape index (κ2) is 6.78. The molecule has 0 aliphatic heterocycles. The zero-order valence-corrected chi connectivity index (χ0v) is 12.5. The highest BCUT2D eigenvalue weighted by Gasteiger charge is 2.20. The number of carbonyl (C=O) groups is 1. The first-order chi connectivity index (χ1) is 8.90. The molecule has 0 saturated carbocycles. The summed E-state index contributed by atoms with van der Waals surface area (Å²) in [5.41, 5.74) is 4.03. The predicted molar refractivity (Wildman–Crippen MR) is 77.3 cm³/mol. The third kappa shape index (κ3) is 3.85. The van der Waals surface area contributed by atoms with Crippen LogP contribution in [0.5, 0.6) is 5.75 Å². The largest absolute Gasteiger partial charge is 0.480 e. The maximum atomic E-state index is 11.6. The highest BCUT2D eigenvalue weighted by Crippen LogP contribution is 2.32. The zero-order chi connectivity index (χ0) is 14.6. The number of nitrogens with two attached hydrogens (primary N) is 1. The zero-order valence-electron chi connectivity index (χ0n) is 11.8. The molecule has 0 bridgehead atoms. The first kappa shape index (κ1) is 15.8. The molecule has 0 aliphatic rings. The van der Waals surface area contributed by atoms with Gasteiger partial charge in [-0.15, -0.1) is 0 Å². The Hall–Kier alpha value is -1.26. The molecule has 0 aliphatic carbocycles. The summed E-state index contributed by atoms with van der Waals surface area (Å²) in [7, 11) is 0. The lowest BCUT2D eigenvalue weighted by Gasteiger charge is -2.20. The fourth-order valence-corrected chi connectivity index (χ4v) is 1.96. The number of hydrazine groups is 1. The number of carbonyl (C=O) groups excluding carboxylic acids is 1. The fourth-order valence-electron chi connectivity index (χ4n) is 1.79. The summed E-state index contributed by atoms with van der Waals surface area (Å²) in [5, 5.41) is 0.701. The molecule has 0 radical (unpaired) electrons. The molecule has 0 fully saturated rings.